The van der Waals surface area contributed by atoms with Crippen molar-refractivity contribution < 1.29 is 13.5 Å². The average Bonchev–Trinajstić information content (AvgIpc) is 2.00. The van der Waals surface area contributed by atoms with Crippen LogP contribution >= 0.6 is 0 Å². The summed E-state index contributed by atoms with van der Waals surface area (Å²) in [6.45, 7) is 1.63. The minimum atomic E-state index is -2.84. The summed E-state index contributed by atoms with van der Waals surface area (Å²) in [4.78, 5) is 1.97. The first-order chi connectivity index (χ1) is 5.95. The fourth-order valence-corrected chi connectivity index (χ4v) is 1.57. The first-order valence-electron chi connectivity index (χ1n) is 4.43. The van der Waals surface area contributed by atoms with Gasteiger partial charge in [-0.05, 0) is 26.4 Å². The van der Waals surface area contributed by atoms with Gasteiger partial charge >= 0.3 is 0 Å². The summed E-state index contributed by atoms with van der Waals surface area (Å²) in [5.74, 6) is 0.211. The second-order valence-electron chi connectivity index (χ2n) is 3.36. The van der Waals surface area contributed by atoms with Crippen molar-refractivity contribution in [3.63, 3.8) is 0 Å². The molecule has 0 amide bonds. The Labute approximate surface area is 80.5 Å². The molecule has 0 unspecified atom stereocenters. The lowest BCUT2D eigenvalue weighted by atomic mass is 10.3. The van der Waals surface area contributed by atoms with Crippen LogP contribution in [-0.2, 0) is 9.84 Å². The van der Waals surface area contributed by atoms with Crippen LogP contribution in [0, 0.1) is 0 Å². The van der Waals surface area contributed by atoms with Gasteiger partial charge in [-0.1, -0.05) is 0 Å². The Morgan fingerprint density at radius 2 is 1.85 bits per heavy atom. The Kier molecular flexibility index (Phi) is 6.28. The third kappa shape index (κ3) is 9.79. The maximum atomic E-state index is 10.8. The number of hydrogen-bond donors (Lipinski definition) is 1. The maximum Gasteiger partial charge on any atom is 0.148 e. The van der Waals surface area contributed by atoms with Gasteiger partial charge < -0.3 is 10.0 Å². The average molecular weight is 209 g/mol. The van der Waals surface area contributed by atoms with E-state index in [4.69, 9.17) is 5.11 Å². The smallest absolute Gasteiger partial charge is 0.148 e. The highest BCUT2D eigenvalue weighted by atomic mass is 32.2. The number of aliphatic hydroxyl groups excluding tert-OH is 1. The highest BCUT2D eigenvalue weighted by Gasteiger charge is 2.04. The van der Waals surface area contributed by atoms with Crippen molar-refractivity contribution in [3.8, 4) is 0 Å². The van der Waals surface area contributed by atoms with E-state index < -0.39 is 9.84 Å². The molecule has 0 aliphatic rings. The van der Waals surface area contributed by atoms with Crippen molar-refractivity contribution in [2.24, 2.45) is 0 Å². The molecule has 0 saturated carbocycles. The van der Waals surface area contributed by atoms with Gasteiger partial charge in [-0.15, -0.1) is 0 Å². The van der Waals surface area contributed by atoms with E-state index in [-0.39, 0.29) is 12.4 Å². The zero-order valence-electron chi connectivity index (χ0n) is 8.36. The topological polar surface area (TPSA) is 57.6 Å². The van der Waals surface area contributed by atoms with Gasteiger partial charge in [-0.3, -0.25) is 0 Å². The summed E-state index contributed by atoms with van der Waals surface area (Å²) < 4.78 is 21.6. The van der Waals surface area contributed by atoms with Crippen LogP contribution in [0.25, 0.3) is 0 Å². The molecule has 0 fully saturated rings. The van der Waals surface area contributed by atoms with E-state index in [1.807, 2.05) is 11.9 Å². The predicted molar refractivity (Wildman–Crippen MR) is 53.5 cm³/mol. The van der Waals surface area contributed by atoms with Gasteiger partial charge in [0.05, 0.1) is 5.75 Å². The van der Waals surface area contributed by atoms with Crippen molar-refractivity contribution in [2.75, 3.05) is 38.8 Å². The van der Waals surface area contributed by atoms with Gasteiger partial charge in [0.2, 0.25) is 0 Å². The Morgan fingerprint density at radius 3 is 2.31 bits per heavy atom. The second-order valence-corrected chi connectivity index (χ2v) is 5.62. The first kappa shape index (κ1) is 12.9. The predicted octanol–water partition coefficient (Wildman–Crippen LogP) is -0.265. The van der Waals surface area contributed by atoms with Gasteiger partial charge in [0.15, 0.2) is 0 Å². The van der Waals surface area contributed by atoms with E-state index in [1.54, 1.807) is 0 Å². The normalized spacial score (nSPS) is 12.3. The van der Waals surface area contributed by atoms with Crippen molar-refractivity contribution in [1.29, 1.82) is 0 Å². The van der Waals surface area contributed by atoms with Gasteiger partial charge in [0.25, 0.3) is 0 Å². The summed E-state index contributed by atoms with van der Waals surface area (Å²) in [5.41, 5.74) is 0. The summed E-state index contributed by atoms with van der Waals surface area (Å²) in [5, 5.41) is 8.52. The number of unbranched alkanes of at least 4 members (excludes halogenated alkanes) is 1. The molecule has 5 heteroatoms. The van der Waals surface area contributed by atoms with E-state index in [0.717, 1.165) is 19.4 Å². The lowest BCUT2D eigenvalue weighted by molar-refractivity contribution is 0.267. The van der Waals surface area contributed by atoms with Crippen LogP contribution in [-0.4, -0.2) is 57.2 Å². The molecule has 0 rings (SSSR count). The van der Waals surface area contributed by atoms with Crippen molar-refractivity contribution in [3.05, 3.63) is 0 Å². The molecular formula is C8H19NO3S. The molecule has 0 saturated heterocycles. The molecule has 0 aromatic carbocycles. The van der Waals surface area contributed by atoms with Crippen LogP contribution in [0.1, 0.15) is 12.8 Å². The van der Waals surface area contributed by atoms with E-state index in [0.29, 0.717) is 6.54 Å². The summed E-state index contributed by atoms with van der Waals surface area (Å²) in [6, 6.07) is 0. The summed E-state index contributed by atoms with van der Waals surface area (Å²) in [7, 11) is -0.949. The molecule has 0 spiro atoms. The minimum absolute atomic E-state index is 0.208. The third-order valence-electron chi connectivity index (χ3n) is 1.79. The number of hydrogen-bond acceptors (Lipinski definition) is 4. The lowest BCUT2D eigenvalue weighted by Crippen LogP contribution is -2.26. The molecular weight excluding hydrogens is 190 g/mol. The number of rotatable bonds is 7. The molecule has 0 aliphatic heterocycles. The van der Waals surface area contributed by atoms with Crippen LogP contribution in [0.3, 0.4) is 0 Å². The monoisotopic (exact) mass is 209 g/mol. The van der Waals surface area contributed by atoms with E-state index in [9.17, 15) is 8.42 Å². The van der Waals surface area contributed by atoms with Crippen LogP contribution in [0.2, 0.25) is 0 Å². The Hall–Kier alpha value is -0.130. The van der Waals surface area contributed by atoms with E-state index in [1.165, 1.54) is 6.26 Å². The van der Waals surface area contributed by atoms with Gasteiger partial charge in [-0.2, -0.15) is 0 Å². The zero-order valence-corrected chi connectivity index (χ0v) is 9.18. The molecule has 0 radical (unpaired) electrons. The van der Waals surface area contributed by atoms with Crippen LogP contribution in [0.15, 0.2) is 0 Å². The molecule has 0 aromatic heterocycles. The molecule has 0 aromatic rings. The molecule has 0 aliphatic carbocycles. The van der Waals surface area contributed by atoms with E-state index in [2.05, 4.69) is 0 Å². The number of sulfone groups is 1. The highest BCUT2D eigenvalue weighted by Crippen LogP contribution is 1.93. The first-order valence-corrected chi connectivity index (χ1v) is 6.49. The van der Waals surface area contributed by atoms with Crippen LogP contribution < -0.4 is 0 Å². The molecule has 0 heterocycles. The van der Waals surface area contributed by atoms with Crippen LogP contribution in [0.4, 0.5) is 0 Å². The molecule has 13 heavy (non-hydrogen) atoms. The van der Waals surface area contributed by atoms with Gasteiger partial charge in [0, 0.05) is 19.4 Å². The SMILES string of the molecule is CN(CCCCO)CCS(C)(=O)=O. The lowest BCUT2D eigenvalue weighted by Gasteiger charge is -2.14. The number of aliphatic hydroxyl groups is 1. The van der Waals surface area contributed by atoms with Crippen molar-refractivity contribution in [1.82, 2.24) is 4.90 Å². The third-order valence-corrected chi connectivity index (χ3v) is 2.72. The minimum Gasteiger partial charge on any atom is -0.396 e. The fraction of sp³-hybridized carbons (Fsp3) is 1.00. The Balaban J connectivity index is 3.46. The molecule has 4 nitrogen and oxygen atoms in total. The molecule has 1 N–H and O–H groups in total. The number of nitrogens with zero attached hydrogens (tertiary/aromatic N) is 1. The second kappa shape index (κ2) is 6.34. The van der Waals surface area contributed by atoms with Crippen molar-refractivity contribution in [2.45, 2.75) is 12.8 Å². The quantitative estimate of drug-likeness (QED) is 0.587. The molecule has 0 atom stereocenters. The van der Waals surface area contributed by atoms with Gasteiger partial charge in [-0.25, -0.2) is 8.42 Å². The summed E-state index contributed by atoms with van der Waals surface area (Å²) >= 11 is 0. The van der Waals surface area contributed by atoms with Crippen LogP contribution in [0.5, 0.6) is 0 Å². The highest BCUT2D eigenvalue weighted by molar-refractivity contribution is 7.90. The van der Waals surface area contributed by atoms with Gasteiger partial charge in [0.1, 0.15) is 9.84 Å². The largest absolute Gasteiger partial charge is 0.396 e. The molecule has 80 valence electrons. The Morgan fingerprint density at radius 1 is 1.23 bits per heavy atom. The fourth-order valence-electron chi connectivity index (χ4n) is 0.927. The maximum absolute atomic E-state index is 10.8. The standard InChI is InChI=1S/C8H19NO3S/c1-9(5-3-4-7-10)6-8-13(2,11)12/h10H,3-8H2,1-2H3. The molecule has 0 bridgehead atoms. The Bertz CT molecular complexity index is 213. The summed E-state index contributed by atoms with van der Waals surface area (Å²) in [6.07, 6.45) is 2.94. The van der Waals surface area contributed by atoms with Crippen molar-refractivity contribution >= 4 is 9.84 Å². The zero-order chi connectivity index (χ0) is 10.3. The van der Waals surface area contributed by atoms with E-state index >= 15 is 0 Å².